The molecule has 0 amide bonds. The predicted octanol–water partition coefficient (Wildman–Crippen LogP) is 0.948. The van der Waals surface area contributed by atoms with Crippen LogP contribution in [-0.2, 0) is 4.74 Å². The van der Waals surface area contributed by atoms with Crippen molar-refractivity contribution in [3.8, 4) is 0 Å². The molecule has 0 radical (unpaired) electrons. The zero-order chi connectivity index (χ0) is 19.8. The molecule has 1 saturated heterocycles. The molecule has 60 valence electrons. The molecule has 0 N–H and O–H groups in total. The van der Waals surface area contributed by atoms with Crippen molar-refractivity contribution in [2.24, 2.45) is 0 Å². The van der Waals surface area contributed by atoms with Crippen LogP contribution in [0.2, 0.25) is 0 Å². The summed E-state index contributed by atoms with van der Waals surface area (Å²) < 4.78 is 110. The summed E-state index contributed by atoms with van der Waals surface area (Å²) in [5.41, 5.74) is 0. The molecule has 0 saturated carbocycles. The fraction of sp³-hybridized carbons (Fsp3) is 1.00. The van der Waals surface area contributed by atoms with Crippen molar-refractivity contribution >= 4 is 11.6 Å². The number of nitrogens with zero attached hydrogens (tertiary/aromatic N) is 1. The zero-order valence-electron chi connectivity index (χ0n) is 18.7. The summed E-state index contributed by atoms with van der Waals surface area (Å²) in [6, 6.07) is 0. The number of alkyl halides is 1. The summed E-state index contributed by atoms with van der Waals surface area (Å²) in [5.74, 6) is -3.46. The fourth-order valence-electron chi connectivity index (χ4n) is 0.323. The second-order valence-corrected chi connectivity index (χ2v) is 1.39. The Morgan fingerprint density at radius 3 is 2.90 bits per heavy atom. The Kier molecular flexibility index (Phi) is 0.730. The molecule has 1 fully saturated rings. The molecule has 0 bridgehead atoms. The molecule has 0 atom stereocenters. The van der Waals surface area contributed by atoms with Gasteiger partial charge in [-0.3, -0.25) is 4.90 Å². The van der Waals surface area contributed by atoms with Gasteiger partial charge >= 0.3 is 0 Å². The predicted molar refractivity (Wildman–Crippen MR) is 42.6 cm³/mol. The smallest absolute Gasteiger partial charge is 0.0594 e. The van der Waals surface area contributed by atoms with Gasteiger partial charge in [0.05, 0.1) is 18.6 Å². The van der Waals surface area contributed by atoms with Gasteiger partial charge in [-0.2, -0.15) is 0 Å². The van der Waals surface area contributed by atoms with Gasteiger partial charge < -0.3 is 4.74 Å². The second kappa shape index (κ2) is 4.94. The summed E-state index contributed by atoms with van der Waals surface area (Å²) in [7, 11) is 0. The lowest BCUT2D eigenvalue weighted by Crippen LogP contribution is -2.36. The topological polar surface area (TPSA) is 12.5 Å². The summed E-state index contributed by atoms with van der Waals surface area (Å²) >= 11 is 5.18. The molecule has 1 heterocycles. The molecule has 2 nitrogen and oxygen atoms in total. The molecule has 10 heavy (non-hydrogen) atoms. The normalized spacial score (nSPS) is 66.5. The van der Waals surface area contributed by atoms with Crippen LogP contribution in [0.25, 0.3) is 0 Å². The summed E-state index contributed by atoms with van der Waals surface area (Å²) in [4.78, 5) is -0.684. The molecule has 0 spiro atoms. The van der Waals surface area contributed by atoms with Gasteiger partial charge in [-0.1, -0.05) is 0 Å². The van der Waals surface area contributed by atoms with Gasteiger partial charge in [-0.15, -0.1) is 11.6 Å². The van der Waals surface area contributed by atoms with E-state index in [4.69, 9.17) is 30.8 Å². The minimum atomic E-state index is -3.92. The second-order valence-electron chi connectivity index (χ2n) is 1.20. The van der Waals surface area contributed by atoms with Crippen LogP contribution in [0.3, 0.4) is 0 Å². The van der Waals surface area contributed by atoms with E-state index in [-0.39, 0.29) is 0 Å². The Labute approximate surface area is 86.8 Å². The lowest BCUT2D eigenvalue weighted by atomic mass is 10.4. The molecule has 1 aliphatic heterocycles. The Balaban J connectivity index is 3.73. The first-order valence-electron chi connectivity index (χ1n) is 9.27. The first kappa shape index (κ1) is 1.48. The molecular formula is C7H14ClNO. The number of rotatable bonds is 3. The quantitative estimate of drug-likeness (QED) is 0.596. The van der Waals surface area contributed by atoms with E-state index in [1.165, 1.54) is 0 Å². The van der Waals surface area contributed by atoms with Crippen LogP contribution < -0.4 is 0 Å². The van der Waals surface area contributed by atoms with Crippen LogP contribution in [0, 0.1) is 0 Å². The number of halogens is 1. The van der Waals surface area contributed by atoms with E-state index in [0.717, 1.165) is 0 Å². The average molecular weight is 178 g/mol. The molecule has 1 aliphatic rings. The van der Waals surface area contributed by atoms with Gasteiger partial charge in [-0.05, 0) is 12.9 Å². The number of hydrogen-bond donors (Lipinski definition) is 0. The van der Waals surface area contributed by atoms with Gasteiger partial charge in [0.2, 0.25) is 0 Å². The Morgan fingerprint density at radius 1 is 1.60 bits per heavy atom. The highest BCUT2D eigenvalue weighted by molar-refractivity contribution is 6.17. The van der Waals surface area contributed by atoms with Crippen LogP contribution in [0.1, 0.15) is 25.6 Å². The van der Waals surface area contributed by atoms with E-state index in [1.807, 2.05) is 0 Å². The maximum atomic E-state index is 7.77. The third-order valence-corrected chi connectivity index (χ3v) is 0.726. The molecule has 0 aromatic rings. The lowest BCUT2D eigenvalue weighted by molar-refractivity contribution is 0.0381. The fourth-order valence-corrected chi connectivity index (χ4v) is 0.366. The molecular weight excluding hydrogens is 150 g/mol. The minimum Gasteiger partial charge on any atom is -0.379 e. The Hall–Kier alpha value is 0.210. The van der Waals surface area contributed by atoms with E-state index in [0.29, 0.717) is 0 Å². The van der Waals surface area contributed by atoms with Crippen LogP contribution in [0.5, 0.6) is 0 Å². The number of ether oxygens (including phenoxy) is 1. The average Bonchev–Trinajstić information content (AvgIpc) is 2.21. The van der Waals surface area contributed by atoms with Crippen LogP contribution in [-0.4, -0.2) is 43.3 Å². The van der Waals surface area contributed by atoms with Crippen molar-refractivity contribution in [1.29, 1.82) is 0 Å². The van der Waals surface area contributed by atoms with Crippen molar-refractivity contribution in [1.82, 2.24) is 4.90 Å². The van der Waals surface area contributed by atoms with Gasteiger partial charge in [0, 0.05) is 32.5 Å². The largest absolute Gasteiger partial charge is 0.379 e. The van der Waals surface area contributed by atoms with Crippen LogP contribution in [0.15, 0.2) is 0 Å². The van der Waals surface area contributed by atoms with Crippen LogP contribution >= 0.6 is 11.6 Å². The Bertz CT molecular complexity index is 486. The Morgan fingerprint density at radius 2 is 2.30 bits per heavy atom. The first-order chi connectivity index (χ1) is 10.1. The molecule has 0 unspecified atom stereocenters. The summed E-state index contributed by atoms with van der Waals surface area (Å²) in [6.07, 6.45) is -3.77. The van der Waals surface area contributed by atoms with Gasteiger partial charge in [0.1, 0.15) is 0 Å². The third-order valence-electron chi connectivity index (χ3n) is 0.632. The zero-order valence-corrected chi connectivity index (χ0v) is 5.49. The van der Waals surface area contributed by atoms with E-state index in [9.17, 15) is 0 Å². The monoisotopic (exact) mass is 177 g/mol. The van der Waals surface area contributed by atoms with Gasteiger partial charge in [0.25, 0.3) is 0 Å². The maximum Gasteiger partial charge on any atom is 0.0594 e. The highest BCUT2D eigenvalue weighted by Gasteiger charge is 2.08. The van der Waals surface area contributed by atoms with E-state index in [1.54, 1.807) is 0 Å². The summed E-state index contributed by atoms with van der Waals surface area (Å²) in [6.45, 7) is -18.5. The van der Waals surface area contributed by atoms with Crippen molar-refractivity contribution in [2.75, 3.05) is 38.4 Å². The van der Waals surface area contributed by atoms with Crippen molar-refractivity contribution in [3.63, 3.8) is 0 Å². The van der Waals surface area contributed by atoms with Gasteiger partial charge in [-0.25, -0.2) is 0 Å². The highest BCUT2D eigenvalue weighted by Crippen LogP contribution is 1.98. The van der Waals surface area contributed by atoms with Crippen molar-refractivity contribution in [3.05, 3.63) is 0 Å². The summed E-state index contributed by atoms with van der Waals surface area (Å²) in [5, 5.41) is 0. The minimum absolute atomic E-state index is 0.684. The lowest BCUT2D eigenvalue weighted by Gasteiger charge is -2.25. The van der Waals surface area contributed by atoms with E-state index >= 15 is 0 Å². The molecule has 0 aliphatic carbocycles. The molecule has 0 aromatic carbocycles. The number of hydrogen-bond acceptors (Lipinski definition) is 2. The molecule has 1 rings (SSSR count). The third kappa shape index (κ3) is 2.86. The molecule has 0 aromatic heterocycles. The standard InChI is InChI=1S/C7H14ClNO/c8-2-1-3-9-4-6-10-7-5-9/h1-7H2/i1D2,2D2,3D2,4D2,5D2,6D2,7D2. The van der Waals surface area contributed by atoms with Gasteiger partial charge in [0.15, 0.2) is 0 Å². The molecule has 3 heteroatoms. The van der Waals surface area contributed by atoms with E-state index < -0.39 is 49.7 Å². The highest BCUT2D eigenvalue weighted by atomic mass is 35.5. The van der Waals surface area contributed by atoms with Crippen molar-refractivity contribution < 1.29 is 23.9 Å². The van der Waals surface area contributed by atoms with E-state index in [2.05, 4.69) is 4.74 Å². The van der Waals surface area contributed by atoms with Crippen LogP contribution in [0.4, 0.5) is 0 Å². The number of morpholine rings is 1. The maximum absolute atomic E-state index is 7.77. The SMILES string of the molecule is [2H]C([2H])(Cl)C([2H])([2H])C([2H])([2H])N1C([2H])([2H])C([2H])([2H])OC([2H])([2H])C1([2H])[2H]. The van der Waals surface area contributed by atoms with Crippen molar-refractivity contribution in [2.45, 2.75) is 6.37 Å². The first-order valence-corrected chi connectivity index (χ1v) is 2.65.